The van der Waals surface area contributed by atoms with Crippen LogP contribution < -0.4 is 0 Å². The minimum absolute atomic E-state index is 0.267. The van der Waals surface area contributed by atoms with E-state index in [2.05, 4.69) is 0 Å². The Balaban J connectivity index is 2.40. The molecule has 0 radical (unpaired) electrons. The third-order valence-electron chi connectivity index (χ3n) is 3.73. The van der Waals surface area contributed by atoms with Crippen LogP contribution in [0.4, 0.5) is 0 Å². The highest BCUT2D eigenvalue weighted by Gasteiger charge is 2.71. The maximum Gasteiger partial charge on any atom is 0.181 e. The highest BCUT2D eigenvalue weighted by molar-refractivity contribution is 5.20. The molecule has 16 heavy (non-hydrogen) atoms. The average molecular weight is 236 g/mol. The van der Waals surface area contributed by atoms with Crippen LogP contribution in [0.5, 0.6) is 0 Å². The lowest BCUT2D eigenvalue weighted by Gasteiger charge is -2.38. The summed E-state index contributed by atoms with van der Waals surface area (Å²) in [5.74, 6) is 0. The lowest BCUT2D eigenvalue weighted by atomic mass is 9.82. The van der Waals surface area contributed by atoms with Crippen molar-refractivity contribution in [3.05, 3.63) is 0 Å². The Morgan fingerprint density at radius 3 is 1.94 bits per heavy atom. The summed E-state index contributed by atoms with van der Waals surface area (Å²) >= 11 is 0. The second kappa shape index (κ2) is 3.36. The van der Waals surface area contributed by atoms with Crippen LogP contribution in [0.25, 0.3) is 0 Å². The van der Waals surface area contributed by atoms with Crippen LogP contribution in [-0.4, -0.2) is 72.5 Å². The summed E-state index contributed by atoms with van der Waals surface area (Å²) in [7, 11) is 0. The summed E-state index contributed by atoms with van der Waals surface area (Å²) in [5, 5.41) is 57.6. The Kier molecular flexibility index (Phi) is 2.56. The molecule has 2 aliphatic rings. The Hall–Kier alpha value is -0.280. The van der Waals surface area contributed by atoms with E-state index in [1.54, 1.807) is 0 Å². The Bertz CT molecular complexity index is 282. The van der Waals surface area contributed by atoms with E-state index in [4.69, 9.17) is 4.74 Å². The van der Waals surface area contributed by atoms with Gasteiger partial charge < -0.3 is 35.4 Å². The molecule has 7 atom stereocenters. The normalized spacial score (nSPS) is 62.1. The van der Waals surface area contributed by atoms with E-state index < -0.39 is 41.9 Å². The number of aliphatic hydroxyl groups is 6. The average Bonchev–Trinajstić information content (AvgIpc) is 2.57. The molecule has 1 aliphatic carbocycles. The molecule has 94 valence electrons. The number of hydrogen-bond donors (Lipinski definition) is 6. The first-order chi connectivity index (χ1) is 7.24. The van der Waals surface area contributed by atoms with Crippen molar-refractivity contribution < 1.29 is 35.4 Å². The maximum atomic E-state index is 10.1. The van der Waals surface area contributed by atoms with Crippen LogP contribution in [0.1, 0.15) is 13.3 Å². The number of hydrogen-bond acceptors (Lipinski definition) is 7. The fourth-order valence-electron chi connectivity index (χ4n) is 2.60. The molecule has 1 heterocycles. The van der Waals surface area contributed by atoms with Gasteiger partial charge in [-0.2, -0.15) is 0 Å². The van der Waals surface area contributed by atoms with Gasteiger partial charge in [-0.05, 0) is 6.92 Å². The standard InChI is InChI=1S/C9H16O7/c1-8(15)5(12)4(11)6(13)9(8)2-3(10)7(14)16-9/h3-7,10-15H,2H2,1H3/t3-,4+,5+,6-,7+,8-,9-/m0/s1. The summed E-state index contributed by atoms with van der Waals surface area (Å²) in [6, 6.07) is 0. The molecule has 1 spiro atoms. The predicted molar refractivity (Wildman–Crippen MR) is 49.1 cm³/mol. The van der Waals surface area contributed by atoms with Crippen molar-refractivity contribution in [2.75, 3.05) is 0 Å². The Labute approximate surface area is 91.5 Å². The van der Waals surface area contributed by atoms with Crippen LogP contribution in [0, 0.1) is 0 Å². The third kappa shape index (κ3) is 1.22. The van der Waals surface area contributed by atoms with Gasteiger partial charge in [0, 0.05) is 6.42 Å². The van der Waals surface area contributed by atoms with Crippen molar-refractivity contribution in [1.82, 2.24) is 0 Å². The van der Waals surface area contributed by atoms with Gasteiger partial charge in [0.2, 0.25) is 0 Å². The molecule has 0 aromatic heterocycles. The molecule has 0 bridgehead atoms. The van der Waals surface area contributed by atoms with Gasteiger partial charge in [-0.1, -0.05) is 0 Å². The lowest BCUT2D eigenvalue weighted by molar-refractivity contribution is -0.239. The van der Waals surface area contributed by atoms with Gasteiger partial charge in [0.15, 0.2) is 6.29 Å². The van der Waals surface area contributed by atoms with E-state index in [9.17, 15) is 30.6 Å². The van der Waals surface area contributed by atoms with Crippen LogP contribution in [-0.2, 0) is 4.74 Å². The van der Waals surface area contributed by atoms with Crippen molar-refractivity contribution in [1.29, 1.82) is 0 Å². The Morgan fingerprint density at radius 2 is 1.62 bits per heavy atom. The molecule has 2 rings (SSSR count). The van der Waals surface area contributed by atoms with E-state index >= 15 is 0 Å². The molecule has 0 aromatic carbocycles. The fraction of sp³-hybridized carbons (Fsp3) is 1.00. The van der Waals surface area contributed by atoms with Crippen molar-refractivity contribution in [3.8, 4) is 0 Å². The Morgan fingerprint density at radius 1 is 1.06 bits per heavy atom. The smallest absolute Gasteiger partial charge is 0.181 e. The van der Waals surface area contributed by atoms with E-state index in [0.29, 0.717) is 0 Å². The molecule has 7 nitrogen and oxygen atoms in total. The van der Waals surface area contributed by atoms with Crippen LogP contribution >= 0.6 is 0 Å². The van der Waals surface area contributed by atoms with E-state index in [-0.39, 0.29) is 6.42 Å². The second-order valence-corrected chi connectivity index (χ2v) is 4.70. The predicted octanol–water partition coefficient (Wildman–Crippen LogP) is -3.33. The molecular weight excluding hydrogens is 220 g/mol. The molecule has 0 aromatic rings. The van der Waals surface area contributed by atoms with Crippen LogP contribution in [0.15, 0.2) is 0 Å². The van der Waals surface area contributed by atoms with Crippen LogP contribution in [0.2, 0.25) is 0 Å². The van der Waals surface area contributed by atoms with Gasteiger partial charge in [0.1, 0.15) is 35.6 Å². The zero-order valence-electron chi connectivity index (χ0n) is 8.69. The number of aliphatic hydroxyl groups excluding tert-OH is 5. The highest BCUT2D eigenvalue weighted by atomic mass is 16.7. The minimum atomic E-state index is -1.95. The topological polar surface area (TPSA) is 131 Å². The molecule has 0 unspecified atom stereocenters. The van der Waals surface area contributed by atoms with Gasteiger partial charge >= 0.3 is 0 Å². The molecule has 1 aliphatic heterocycles. The third-order valence-corrected chi connectivity index (χ3v) is 3.73. The van der Waals surface area contributed by atoms with Gasteiger partial charge in [-0.3, -0.25) is 0 Å². The first-order valence-electron chi connectivity index (χ1n) is 5.04. The minimum Gasteiger partial charge on any atom is -0.388 e. The SMILES string of the molecule is C[C@]1(O)[C@H](O)[C@@H](O)[C@H](O)[C@@]12C[C@H](O)[C@H](O)O2. The van der Waals surface area contributed by atoms with Crippen LogP contribution in [0.3, 0.4) is 0 Å². The summed E-state index contributed by atoms with van der Waals surface area (Å²) in [5.41, 5.74) is -3.71. The first-order valence-corrected chi connectivity index (χ1v) is 5.04. The maximum absolute atomic E-state index is 10.1. The number of ether oxygens (including phenoxy) is 1. The van der Waals surface area contributed by atoms with E-state index in [1.807, 2.05) is 0 Å². The molecule has 6 N–H and O–H groups in total. The van der Waals surface area contributed by atoms with Gasteiger partial charge in [-0.25, -0.2) is 0 Å². The van der Waals surface area contributed by atoms with Crippen molar-refractivity contribution in [2.24, 2.45) is 0 Å². The molecule has 7 heteroatoms. The van der Waals surface area contributed by atoms with Crippen molar-refractivity contribution in [2.45, 2.75) is 55.3 Å². The zero-order valence-corrected chi connectivity index (χ0v) is 8.69. The quantitative estimate of drug-likeness (QED) is 0.259. The summed E-state index contributed by atoms with van der Waals surface area (Å²) in [6.45, 7) is 1.18. The molecule has 0 amide bonds. The largest absolute Gasteiger partial charge is 0.388 e. The lowest BCUT2D eigenvalue weighted by Crippen LogP contribution is -2.57. The first kappa shape index (κ1) is 12.2. The number of rotatable bonds is 0. The molecule has 2 fully saturated rings. The molecular formula is C9H16O7. The van der Waals surface area contributed by atoms with Crippen molar-refractivity contribution in [3.63, 3.8) is 0 Å². The van der Waals surface area contributed by atoms with Gasteiger partial charge in [0.25, 0.3) is 0 Å². The zero-order chi connectivity index (χ0) is 12.3. The molecule has 1 saturated carbocycles. The monoisotopic (exact) mass is 236 g/mol. The summed E-state index contributed by atoms with van der Waals surface area (Å²) in [6.07, 6.45) is -7.88. The van der Waals surface area contributed by atoms with Gasteiger partial charge in [0.05, 0.1) is 0 Å². The van der Waals surface area contributed by atoms with Crippen molar-refractivity contribution >= 4 is 0 Å². The van der Waals surface area contributed by atoms with E-state index in [0.717, 1.165) is 0 Å². The van der Waals surface area contributed by atoms with E-state index in [1.165, 1.54) is 6.92 Å². The summed E-state index contributed by atoms with van der Waals surface area (Å²) in [4.78, 5) is 0. The highest BCUT2D eigenvalue weighted by Crippen LogP contribution is 2.49. The second-order valence-electron chi connectivity index (χ2n) is 4.70. The fourth-order valence-corrected chi connectivity index (χ4v) is 2.60. The molecule has 1 saturated heterocycles. The summed E-state index contributed by atoms with van der Waals surface area (Å²) < 4.78 is 4.98. The van der Waals surface area contributed by atoms with Gasteiger partial charge in [-0.15, -0.1) is 0 Å².